The first-order chi connectivity index (χ1) is 25.6. The van der Waals surface area contributed by atoms with Gasteiger partial charge in [0.25, 0.3) is 0 Å². The number of rotatable bonds is 10. The van der Waals surface area contributed by atoms with Gasteiger partial charge in [-0.1, -0.05) is 49.8 Å². The van der Waals surface area contributed by atoms with E-state index >= 15 is 0 Å². The second kappa shape index (κ2) is 16.3. The van der Waals surface area contributed by atoms with E-state index in [2.05, 4.69) is 9.71 Å². The number of carbonyl (C=O) groups excluding carboxylic acids is 4. The highest BCUT2D eigenvalue weighted by molar-refractivity contribution is 7.85. The van der Waals surface area contributed by atoms with E-state index in [0.717, 1.165) is 25.7 Å². The number of hydrogen-bond acceptors (Lipinski definition) is 11. The summed E-state index contributed by atoms with van der Waals surface area (Å²) >= 11 is 6.52. The lowest BCUT2D eigenvalue weighted by atomic mass is 9.90. The Morgan fingerprint density at radius 2 is 1.76 bits per heavy atom. The predicted molar refractivity (Wildman–Crippen MR) is 200 cm³/mol. The van der Waals surface area contributed by atoms with E-state index in [1.54, 1.807) is 39.0 Å². The fourth-order valence-corrected chi connectivity index (χ4v) is 9.13. The van der Waals surface area contributed by atoms with Crippen molar-refractivity contribution in [2.24, 2.45) is 17.3 Å². The molecule has 2 saturated carbocycles. The van der Waals surface area contributed by atoms with Gasteiger partial charge in [0.15, 0.2) is 5.78 Å². The molecule has 2 aliphatic carbocycles. The molecule has 2 amide bonds. The molecule has 0 radical (unpaired) electrons. The molecule has 15 heteroatoms. The second-order valence-corrected chi connectivity index (χ2v) is 17.9. The molecule has 4 aliphatic rings. The van der Waals surface area contributed by atoms with Crippen LogP contribution in [0.15, 0.2) is 24.3 Å². The summed E-state index contributed by atoms with van der Waals surface area (Å²) in [5.41, 5.74) is -1.51. The van der Waals surface area contributed by atoms with E-state index in [4.69, 9.17) is 30.0 Å². The van der Waals surface area contributed by atoms with Gasteiger partial charge in [0, 0.05) is 30.2 Å². The molecule has 0 bridgehead atoms. The zero-order valence-electron chi connectivity index (χ0n) is 31.6. The summed E-state index contributed by atoms with van der Waals surface area (Å²) in [6.07, 6.45) is 5.46. The van der Waals surface area contributed by atoms with Crippen LogP contribution in [0.1, 0.15) is 111 Å². The first-order valence-corrected chi connectivity index (χ1v) is 21.1. The minimum absolute atomic E-state index is 0.0423. The van der Waals surface area contributed by atoms with Gasteiger partial charge in [-0.2, -0.15) is 8.42 Å². The molecule has 2 saturated heterocycles. The Kier molecular flexibility index (Phi) is 12.1. The first kappa shape index (κ1) is 40.2. The third kappa shape index (κ3) is 9.84. The quantitative estimate of drug-likeness (QED) is 0.271. The highest BCUT2D eigenvalue weighted by atomic mass is 35.5. The van der Waals surface area contributed by atoms with Crippen LogP contribution >= 0.6 is 11.6 Å². The number of esters is 1. The minimum atomic E-state index is -4.36. The third-order valence-electron chi connectivity index (χ3n) is 10.7. The molecule has 6 rings (SSSR count). The maximum Gasteiger partial charge on any atom is 0.362 e. The molecule has 296 valence electrons. The Morgan fingerprint density at radius 1 is 1.04 bits per heavy atom. The van der Waals surface area contributed by atoms with Gasteiger partial charge in [0.1, 0.15) is 17.5 Å². The Balaban J connectivity index is 1.32. The van der Waals surface area contributed by atoms with Crippen LogP contribution < -0.4 is 14.2 Å². The van der Waals surface area contributed by atoms with Crippen LogP contribution in [-0.4, -0.2) is 78.9 Å². The molecule has 54 heavy (non-hydrogen) atoms. The van der Waals surface area contributed by atoms with Gasteiger partial charge in [-0.25, -0.2) is 9.71 Å². The van der Waals surface area contributed by atoms with Crippen LogP contribution in [0.2, 0.25) is 5.02 Å². The maximum atomic E-state index is 14.6. The second-order valence-electron chi connectivity index (χ2n) is 16.2. The molecule has 1 N–H and O–H groups in total. The molecule has 0 unspecified atom stereocenters. The first-order valence-electron chi connectivity index (χ1n) is 19.3. The SMILES string of the molecule is CCOc1cc(O[C@@H]2C[C@H]3C(=O)C[C@]4(C(=O)NS(=O)(=O)OC5CC5)C[C@H]4CCCCCCC[C@H](CC(=O)OC(C)(C)C)C(=O)N3C2)c2cccc(Cl)c2n1. The van der Waals surface area contributed by atoms with Crippen LogP contribution in [0.3, 0.4) is 0 Å². The highest BCUT2D eigenvalue weighted by Crippen LogP contribution is 2.58. The molecular formula is C39H52ClN3O10S. The number of nitrogens with one attached hydrogen (secondary N) is 1. The highest BCUT2D eigenvalue weighted by Gasteiger charge is 2.62. The van der Waals surface area contributed by atoms with Crippen molar-refractivity contribution in [2.45, 2.75) is 135 Å². The molecule has 2 aliphatic heterocycles. The number of carbonyl (C=O) groups is 4. The summed E-state index contributed by atoms with van der Waals surface area (Å²) in [6.45, 7) is 7.54. The van der Waals surface area contributed by atoms with Gasteiger partial charge in [0.2, 0.25) is 17.7 Å². The monoisotopic (exact) mass is 789 g/mol. The van der Waals surface area contributed by atoms with Crippen molar-refractivity contribution in [1.82, 2.24) is 14.6 Å². The van der Waals surface area contributed by atoms with E-state index in [0.29, 0.717) is 72.7 Å². The Morgan fingerprint density at radius 3 is 2.46 bits per heavy atom. The van der Waals surface area contributed by atoms with E-state index in [1.165, 1.54) is 4.90 Å². The molecule has 1 aromatic heterocycles. The smallest absolute Gasteiger partial charge is 0.362 e. The van der Waals surface area contributed by atoms with Crippen LogP contribution in [0.25, 0.3) is 10.9 Å². The number of ketones is 1. The maximum absolute atomic E-state index is 14.6. The lowest BCUT2D eigenvalue weighted by Gasteiger charge is -2.29. The molecule has 5 atom stereocenters. The standard InChI is InChI=1S/C39H52ClN3O10S/c1-5-50-33-20-32(28-14-11-15-29(40)35(28)41-33)51-27-19-30-31(44)22-39(37(47)42-54(48,49)53-26-16-17-26)21-25(39)13-10-8-6-7-9-12-24(36(46)43(30)23-27)18-34(45)52-38(2,3)4/h11,14-15,20,24-27,30H,5-10,12-13,16-19,21-23H2,1-4H3,(H,42,47)/t24-,25-,27-,30+,39-/m1/s1. The Bertz CT molecular complexity index is 1860. The van der Waals surface area contributed by atoms with Gasteiger partial charge < -0.3 is 19.1 Å². The Labute approximate surface area is 322 Å². The van der Waals surface area contributed by atoms with Crippen LogP contribution in [0.4, 0.5) is 0 Å². The van der Waals surface area contributed by atoms with Crippen LogP contribution in [0.5, 0.6) is 11.6 Å². The number of Topliss-reactive ketones (excluding diaryl/α,β-unsaturated/α-hetero) is 1. The molecule has 2 aromatic rings. The number of aromatic nitrogens is 1. The van der Waals surface area contributed by atoms with E-state index in [9.17, 15) is 27.6 Å². The van der Waals surface area contributed by atoms with Crippen molar-refractivity contribution < 1.29 is 46.0 Å². The van der Waals surface area contributed by atoms with Gasteiger partial charge in [-0.05, 0) is 77.8 Å². The number of halogens is 1. The van der Waals surface area contributed by atoms with Crippen molar-refractivity contribution in [1.29, 1.82) is 0 Å². The number of ether oxygens (including phenoxy) is 3. The third-order valence-corrected chi connectivity index (χ3v) is 12.0. The predicted octanol–water partition coefficient (Wildman–Crippen LogP) is 6.23. The van der Waals surface area contributed by atoms with Gasteiger partial charge in [-0.3, -0.25) is 23.4 Å². The van der Waals surface area contributed by atoms with Gasteiger partial charge in [0.05, 0.1) is 47.7 Å². The molecule has 4 fully saturated rings. The summed E-state index contributed by atoms with van der Waals surface area (Å²) in [4.78, 5) is 62.1. The molecule has 13 nitrogen and oxygen atoms in total. The lowest BCUT2D eigenvalue weighted by Crippen LogP contribution is -2.46. The average molecular weight is 790 g/mol. The number of pyridine rings is 1. The summed E-state index contributed by atoms with van der Waals surface area (Å²) < 4.78 is 50.6. The fraction of sp³-hybridized carbons (Fsp3) is 0.667. The number of benzene rings is 1. The normalized spacial score (nSPS) is 26.9. The zero-order valence-corrected chi connectivity index (χ0v) is 33.1. The van der Waals surface area contributed by atoms with Crippen molar-refractivity contribution >= 4 is 56.4 Å². The molecule has 0 spiro atoms. The van der Waals surface area contributed by atoms with Crippen LogP contribution in [-0.2, 0) is 38.4 Å². The summed E-state index contributed by atoms with van der Waals surface area (Å²) in [5.74, 6) is -2.17. The summed E-state index contributed by atoms with van der Waals surface area (Å²) in [5, 5.41) is 1.03. The van der Waals surface area contributed by atoms with Crippen molar-refractivity contribution in [3.63, 3.8) is 0 Å². The average Bonchev–Trinajstić information content (AvgIpc) is 3.98. The molecule has 3 heterocycles. The summed E-state index contributed by atoms with van der Waals surface area (Å²) in [7, 11) is -4.36. The number of amides is 2. The lowest BCUT2D eigenvalue weighted by molar-refractivity contribution is -0.159. The largest absolute Gasteiger partial charge is 0.488 e. The number of hydrogen-bond donors (Lipinski definition) is 1. The molecular weight excluding hydrogens is 738 g/mol. The minimum Gasteiger partial charge on any atom is -0.488 e. The van der Waals surface area contributed by atoms with Gasteiger partial charge in [-0.15, -0.1) is 0 Å². The topological polar surface area (TPSA) is 168 Å². The number of nitrogens with zero attached hydrogens (tertiary/aromatic N) is 2. The fourth-order valence-electron chi connectivity index (χ4n) is 7.88. The molecule has 1 aromatic carbocycles. The zero-order chi connectivity index (χ0) is 38.8. The number of fused-ring (bicyclic) bond motifs is 3. The van der Waals surface area contributed by atoms with Gasteiger partial charge >= 0.3 is 16.3 Å². The summed E-state index contributed by atoms with van der Waals surface area (Å²) in [6, 6.07) is 5.98. The van der Waals surface area contributed by atoms with Crippen molar-refractivity contribution in [3.8, 4) is 11.6 Å². The van der Waals surface area contributed by atoms with E-state index < -0.39 is 57.4 Å². The van der Waals surface area contributed by atoms with E-state index in [-0.39, 0.29) is 43.4 Å². The van der Waals surface area contributed by atoms with E-state index in [1.807, 2.05) is 13.0 Å². The Hall–Kier alpha value is -3.49. The number of para-hydroxylation sites is 1. The van der Waals surface area contributed by atoms with Crippen molar-refractivity contribution in [3.05, 3.63) is 29.3 Å². The van der Waals surface area contributed by atoms with Crippen LogP contribution in [0, 0.1) is 17.3 Å². The van der Waals surface area contributed by atoms with Crippen molar-refractivity contribution in [2.75, 3.05) is 13.2 Å².